The van der Waals surface area contributed by atoms with E-state index >= 15 is 0 Å². The van der Waals surface area contributed by atoms with E-state index in [1.165, 1.54) is 4.31 Å². The van der Waals surface area contributed by atoms with Crippen molar-refractivity contribution in [1.82, 2.24) is 19.4 Å². The van der Waals surface area contributed by atoms with Gasteiger partial charge in [0.1, 0.15) is 10.6 Å². The molecule has 0 amide bonds. The molecule has 0 spiro atoms. The van der Waals surface area contributed by atoms with Crippen molar-refractivity contribution in [2.24, 2.45) is 0 Å². The zero-order valence-corrected chi connectivity index (χ0v) is 12.9. The van der Waals surface area contributed by atoms with E-state index in [9.17, 15) is 13.5 Å². The Labute approximate surface area is 119 Å². The number of nitrogens with one attached hydrogen (secondary N) is 1. The molecule has 1 fully saturated rings. The fourth-order valence-corrected chi connectivity index (χ4v) is 4.53. The number of aromatic nitrogens is 2. The van der Waals surface area contributed by atoms with Crippen LogP contribution in [0, 0.1) is 6.92 Å². The van der Waals surface area contributed by atoms with Crippen molar-refractivity contribution < 1.29 is 13.5 Å². The van der Waals surface area contributed by atoms with Crippen LogP contribution in [-0.2, 0) is 16.6 Å². The Morgan fingerprint density at radius 1 is 1.45 bits per heavy atom. The van der Waals surface area contributed by atoms with Crippen LogP contribution in [0.3, 0.4) is 0 Å². The van der Waals surface area contributed by atoms with Gasteiger partial charge in [0.15, 0.2) is 0 Å². The van der Waals surface area contributed by atoms with Crippen LogP contribution in [0.25, 0.3) is 0 Å². The lowest BCUT2D eigenvalue weighted by molar-refractivity contribution is 0.135. The molecule has 1 aromatic rings. The summed E-state index contributed by atoms with van der Waals surface area (Å²) >= 11 is 0. The number of rotatable bonds is 4. The summed E-state index contributed by atoms with van der Waals surface area (Å²) in [6, 6.07) is 0.188. The highest BCUT2D eigenvalue weighted by atomic mass is 32.2. The molecule has 114 valence electrons. The molecule has 20 heavy (non-hydrogen) atoms. The van der Waals surface area contributed by atoms with Crippen molar-refractivity contribution in [2.75, 3.05) is 26.2 Å². The van der Waals surface area contributed by atoms with E-state index in [-0.39, 0.29) is 23.2 Å². The largest absolute Gasteiger partial charge is 0.390 e. The highest BCUT2D eigenvalue weighted by Crippen LogP contribution is 2.24. The van der Waals surface area contributed by atoms with Crippen molar-refractivity contribution in [2.45, 2.75) is 38.3 Å². The lowest BCUT2D eigenvalue weighted by atomic mass is 10.2. The first-order valence-electron chi connectivity index (χ1n) is 6.80. The van der Waals surface area contributed by atoms with Crippen LogP contribution in [0.5, 0.6) is 0 Å². The molecular formula is C12H22N4O3S. The van der Waals surface area contributed by atoms with Gasteiger partial charge in [0.25, 0.3) is 0 Å². The molecule has 0 radical (unpaired) electrons. The van der Waals surface area contributed by atoms with Gasteiger partial charge in [0.2, 0.25) is 10.0 Å². The van der Waals surface area contributed by atoms with Crippen LogP contribution in [0.2, 0.25) is 0 Å². The Kier molecular flexibility index (Phi) is 4.48. The van der Waals surface area contributed by atoms with Crippen molar-refractivity contribution >= 4 is 10.0 Å². The average molecular weight is 302 g/mol. The van der Waals surface area contributed by atoms with Crippen LogP contribution < -0.4 is 0 Å². The highest BCUT2D eigenvalue weighted by Gasteiger charge is 2.35. The highest BCUT2D eigenvalue weighted by molar-refractivity contribution is 7.89. The van der Waals surface area contributed by atoms with Gasteiger partial charge in [-0.25, -0.2) is 8.42 Å². The van der Waals surface area contributed by atoms with Crippen molar-refractivity contribution in [1.29, 1.82) is 0 Å². The lowest BCUT2D eigenvalue weighted by Gasteiger charge is -2.38. The third-order valence-electron chi connectivity index (χ3n) is 3.84. The number of hydrogen-bond acceptors (Lipinski definition) is 5. The van der Waals surface area contributed by atoms with Crippen LogP contribution in [0.1, 0.15) is 25.2 Å². The van der Waals surface area contributed by atoms with Gasteiger partial charge >= 0.3 is 0 Å². The quantitative estimate of drug-likeness (QED) is 0.812. The minimum absolute atomic E-state index is 0.122. The fraction of sp³-hybridized carbons (Fsp3) is 0.750. The second kappa shape index (κ2) is 5.80. The molecule has 0 saturated carbocycles. The molecule has 7 nitrogen and oxygen atoms in total. The van der Waals surface area contributed by atoms with Crippen LogP contribution in [-0.4, -0.2) is 65.1 Å². The maximum atomic E-state index is 12.7. The zero-order chi connectivity index (χ0) is 14.9. The molecule has 1 aromatic heterocycles. The number of aryl methyl sites for hydroxylation is 1. The standard InChI is InChI=1S/C12H22N4O3S/c1-4-15-5-6-16(7-9(15)2)20(18,19)12-10(3)13-14-11(12)8-17/h9,17H,4-8H2,1-3H3,(H,13,14). The van der Waals surface area contributed by atoms with Gasteiger partial charge < -0.3 is 5.11 Å². The van der Waals surface area contributed by atoms with E-state index < -0.39 is 10.0 Å². The predicted molar refractivity (Wildman–Crippen MR) is 74.7 cm³/mol. The number of sulfonamides is 1. The smallest absolute Gasteiger partial charge is 0.246 e. The van der Waals surface area contributed by atoms with Gasteiger partial charge in [-0.15, -0.1) is 0 Å². The third-order valence-corrected chi connectivity index (χ3v) is 5.91. The number of H-pyrrole nitrogens is 1. The summed E-state index contributed by atoms with van der Waals surface area (Å²) in [6.45, 7) is 7.95. The number of piperazine rings is 1. The fourth-order valence-electron chi connectivity index (χ4n) is 2.70. The summed E-state index contributed by atoms with van der Waals surface area (Å²) in [5, 5.41) is 15.7. The number of aliphatic hydroxyl groups excluding tert-OH is 1. The van der Waals surface area contributed by atoms with E-state index in [1.807, 2.05) is 6.92 Å². The van der Waals surface area contributed by atoms with Crippen LogP contribution in [0.4, 0.5) is 0 Å². The molecule has 2 rings (SSSR count). The Morgan fingerprint density at radius 3 is 2.70 bits per heavy atom. The molecular weight excluding hydrogens is 280 g/mol. The van der Waals surface area contributed by atoms with Crippen molar-refractivity contribution in [3.05, 3.63) is 11.4 Å². The Balaban J connectivity index is 2.30. The summed E-state index contributed by atoms with van der Waals surface area (Å²) in [5.41, 5.74) is 0.660. The predicted octanol–water partition coefficient (Wildman–Crippen LogP) is -0.0749. The van der Waals surface area contributed by atoms with Crippen LogP contribution >= 0.6 is 0 Å². The maximum absolute atomic E-state index is 12.7. The molecule has 0 aromatic carbocycles. The normalized spacial score (nSPS) is 22.3. The molecule has 1 aliphatic heterocycles. The van der Waals surface area contributed by atoms with Crippen molar-refractivity contribution in [3.8, 4) is 0 Å². The van der Waals surface area contributed by atoms with Crippen molar-refractivity contribution in [3.63, 3.8) is 0 Å². The van der Waals surface area contributed by atoms with Gasteiger partial charge in [0, 0.05) is 25.7 Å². The monoisotopic (exact) mass is 302 g/mol. The summed E-state index contributed by atoms with van der Waals surface area (Å²) in [6.07, 6.45) is 0. The molecule has 2 N–H and O–H groups in total. The molecule has 8 heteroatoms. The first-order chi connectivity index (χ1) is 9.41. The maximum Gasteiger partial charge on any atom is 0.246 e. The first-order valence-corrected chi connectivity index (χ1v) is 8.24. The molecule has 1 unspecified atom stereocenters. The minimum Gasteiger partial charge on any atom is -0.390 e. The second-order valence-electron chi connectivity index (χ2n) is 5.12. The third kappa shape index (κ3) is 2.60. The van der Waals surface area contributed by atoms with E-state index in [4.69, 9.17) is 0 Å². The molecule has 0 bridgehead atoms. The number of likely N-dealkylation sites (N-methyl/N-ethyl adjacent to an activating group) is 1. The summed E-state index contributed by atoms with van der Waals surface area (Å²) in [5.74, 6) is 0. The molecule has 1 aliphatic rings. The van der Waals surface area contributed by atoms with Gasteiger partial charge in [-0.05, 0) is 20.4 Å². The zero-order valence-electron chi connectivity index (χ0n) is 12.1. The second-order valence-corrected chi connectivity index (χ2v) is 7.00. The SMILES string of the molecule is CCN1CCN(S(=O)(=O)c2c(CO)n[nH]c2C)CC1C. The Hall–Kier alpha value is -0.960. The first kappa shape index (κ1) is 15.4. The molecule has 2 heterocycles. The number of aliphatic hydroxyl groups is 1. The van der Waals surface area contributed by atoms with E-state index in [0.29, 0.717) is 18.8 Å². The van der Waals surface area contributed by atoms with E-state index in [1.54, 1.807) is 6.92 Å². The lowest BCUT2D eigenvalue weighted by Crippen LogP contribution is -2.53. The topological polar surface area (TPSA) is 89.5 Å². The summed E-state index contributed by atoms with van der Waals surface area (Å²) in [4.78, 5) is 2.37. The minimum atomic E-state index is -3.60. The van der Waals surface area contributed by atoms with Crippen LogP contribution in [0.15, 0.2) is 4.90 Å². The van der Waals surface area contributed by atoms with E-state index in [2.05, 4.69) is 22.0 Å². The number of aromatic amines is 1. The Bertz CT molecular complexity index is 569. The van der Waals surface area contributed by atoms with Gasteiger partial charge in [-0.3, -0.25) is 10.00 Å². The molecule has 1 atom stereocenters. The molecule has 1 saturated heterocycles. The number of hydrogen-bond donors (Lipinski definition) is 2. The van der Waals surface area contributed by atoms with Gasteiger partial charge in [-0.2, -0.15) is 9.40 Å². The summed E-state index contributed by atoms with van der Waals surface area (Å²) < 4.78 is 26.9. The number of nitrogens with zero attached hydrogens (tertiary/aromatic N) is 3. The summed E-state index contributed by atoms with van der Waals surface area (Å²) in [7, 11) is -3.60. The van der Waals surface area contributed by atoms with Gasteiger partial charge in [-0.1, -0.05) is 6.92 Å². The van der Waals surface area contributed by atoms with Gasteiger partial charge in [0.05, 0.1) is 12.3 Å². The Morgan fingerprint density at radius 2 is 2.15 bits per heavy atom. The van der Waals surface area contributed by atoms with E-state index in [0.717, 1.165) is 13.1 Å². The molecule has 0 aliphatic carbocycles. The average Bonchev–Trinajstić information content (AvgIpc) is 2.80.